The number of para-hydroxylation sites is 1. The molecule has 3 aromatic carbocycles. The third kappa shape index (κ3) is 4.20. The van der Waals surface area contributed by atoms with Gasteiger partial charge in [-0.3, -0.25) is 4.79 Å². The zero-order valence-corrected chi connectivity index (χ0v) is 17.1. The number of methoxy groups -OCH3 is 2. The van der Waals surface area contributed by atoms with E-state index in [-0.39, 0.29) is 11.7 Å². The molecule has 0 atom stereocenters. The predicted molar refractivity (Wildman–Crippen MR) is 118 cm³/mol. The van der Waals surface area contributed by atoms with Crippen molar-refractivity contribution in [2.45, 2.75) is 0 Å². The number of anilines is 1. The Morgan fingerprint density at radius 3 is 2.39 bits per heavy atom. The van der Waals surface area contributed by atoms with Gasteiger partial charge in [0.25, 0.3) is 5.91 Å². The molecule has 2 N–H and O–H groups in total. The van der Waals surface area contributed by atoms with Crippen molar-refractivity contribution in [1.82, 2.24) is 9.78 Å². The molecule has 0 aliphatic carbocycles. The van der Waals surface area contributed by atoms with Crippen LogP contribution in [0.5, 0.6) is 17.2 Å². The molecule has 1 amide bonds. The van der Waals surface area contributed by atoms with Gasteiger partial charge < -0.3 is 19.9 Å². The molecule has 0 aliphatic rings. The molecule has 0 spiro atoms. The van der Waals surface area contributed by atoms with Crippen LogP contribution in [0.15, 0.2) is 79.0 Å². The van der Waals surface area contributed by atoms with E-state index in [0.29, 0.717) is 34.0 Å². The molecule has 1 heterocycles. The van der Waals surface area contributed by atoms with Gasteiger partial charge in [0, 0.05) is 17.4 Å². The minimum absolute atomic E-state index is 0.122. The van der Waals surface area contributed by atoms with Gasteiger partial charge in [0.05, 0.1) is 25.5 Å². The number of nitrogens with zero attached hydrogens (tertiary/aromatic N) is 2. The summed E-state index contributed by atoms with van der Waals surface area (Å²) < 4.78 is 12.5. The highest BCUT2D eigenvalue weighted by molar-refractivity contribution is 6.08. The second kappa shape index (κ2) is 8.62. The predicted octanol–water partition coefficient (Wildman–Crippen LogP) is 4.51. The van der Waals surface area contributed by atoms with E-state index >= 15 is 0 Å². The van der Waals surface area contributed by atoms with Crippen molar-refractivity contribution >= 4 is 11.6 Å². The van der Waals surface area contributed by atoms with Crippen molar-refractivity contribution in [2.24, 2.45) is 0 Å². The number of hydrogen-bond donors (Lipinski definition) is 2. The Labute approximate surface area is 179 Å². The fraction of sp³-hybridized carbons (Fsp3) is 0.0833. The molecule has 0 saturated carbocycles. The molecule has 0 aliphatic heterocycles. The molecule has 31 heavy (non-hydrogen) atoms. The molecular weight excluding hydrogens is 394 g/mol. The van der Waals surface area contributed by atoms with E-state index in [1.165, 1.54) is 12.1 Å². The maximum Gasteiger partial charge on any atom is 0.259 e. The second-order valence-corrected chi connectivity index (χ2v) is 6.74. The number of hydrogen-bond acceptors (Lipinski definition) is 5. The van der Waals surface area contributed by atoms with E-state index in [2.05, 4.69) is 5.32 Å². The molecule has 0 saturated heterocycles. The first kappa shape index (κ1) is 20.0. The van der Waals surface area contributed by atoms with Crippen molar-refractivity contribution in [3.05, 3.63) is 84.6 Å². The lowest BCUT2D eigenvalue weighted by Gasteiger charge is -2.10. The van der Waals surface area contributed by atoms with Gasteiger partial charge >= 0.3 is 0 Å². The number of benzene rings is 3. The highest BCUT2D eigenvalue weighted by Crippen LogP contribution is 2.35. The lowest BCUT2D eigenvalue weighted by molar-refractivity contribution is 0.102. The summed E-state index contributed by atoms with van der Waals surface area (Å²) in [6.07, 6.45) is 1.68. The minimum atomic E-state index is -0.340. The maximum absolute atomic E-state index is 13.2. The highest BCUT2D eigenvalue weighted by Gasteiger charge is 2.22. The Balaban J connectivity index is 1.83. The first-order valence-electron chi connectivity index (χ1n) is 9.57. The number of ether oxygens (including phenoxy) is 2. The summed E-state index contributed by atoms with van der Waals surface area (Å²) in [4.78, 5) is 13.2. The van der Waals surface area contributed by atoms with Gasteiger partial charge in [0.2, 0.25) is 0 Å². The Morgan fingerprint density at radius 1 is 0.968 bits per heavy atom. The third-order valence-electron chi connectivity index (χ3n) is 4.77. The van der Waals surface area contributed by atoms with Crippen LogP contribution >= 0.6 is 0 Å². The van der Waals surface area contributed by atoms with Crippen molar-refractivity contribution < 1.29 is 19.4 Å². The molecule has 4 aromatic rings. The summed E-state index contributed by atoms with van der Waals surface area (Å²) in [5.41, 5.74) is 2.82. The molecular formula is C24H21N3O4. The molecule has 0 radical (unpaired) electrons. The van der Waals surface area contributed by atoms with Crippen LogP contribution in [-0.4, -0.2) is 35.0 Å². The van der Waals surface area contributed by atoms with E-state index in [9.17, 15) is 9.90 Å². The van der Waals surface area contributed by atoms with E-state index in [1.807, 2.05) is 30.3 Å². The molecule has 7 nitrogen and oxygen atoms in total. The highest BCUT2D eigenvalue weighted by atomic mass is 16.5. The largest absolute Gasteiger partial charge is 0.508 e. The van der Waals surface area contributed by atoms with E-state index in [0.717, 1.165) is 5.69 Å². The lowest BCUT2D eigenvalue weighted by atomic mass is 10.1. The number of carbonyl (C=O) groups excluding carboxylic acids is 1. The number of rotatable bonds is 6. The van der Waals surface area contributed by atoms with E-state index in [1.54, 1.807) is 55.4 Å². The van der Waals surface area contributed by atoms with Crippen LogP contribution < -0.4 is 14.8 Å². The lowest BCUT2D eigenvalue weighted by Crippen LogP contribution is -2.12. The first-order valence-corrected chi connectivity index (χ1v) is 9.57. The molecule has 156 valence electrons. The van der Waals surface area contributed by atoms with Crippen molar-refractivity contribution in [1.29, 1.82) is 0 Å². The van der Waals surface area contributed by atoms with Gasteiger partial charge in [-0.15, -0.1) is 0 Å². The summed E-state index contributed by atoms with van der Waals surface area (Å²) in [7, 11) is 3.14. The quantitative estimate of drug-likeness (QED) is 0.453. The van der Waals surface area contributed by atoms with E-state index < -0.39 is 0 Å². The summed E-state index contributed by atoms with van der Waals surface area (Å²) in [6.45, 7) is 0. The number of nitrogens with one attached hydrogen (secondary N) is 1. The zero-order valence-electron chi connectivity index (χ0n) is 17.1. The number of carbonyl (C=O) groups is 1. The summed E-state index contributed by atoms with van der Waals surface area (Å²) in [5.74, 6) is 0.970. The molecule has 0 unspecified atom stereocenters. The summed E-state index contributed by atoms with van der Waals surface area (Å²) >= 11 is 0. The van der Waals surface area contributed by atoms with Crippen LogP contribution in [0.1, 0.15) is 10.4 Å². The Bertz CT molecular complexity index is 1200. The number of amides is 1. The molecule has 4 rings (SSSR count). The van der Waals surface area contributed by atoms with Gasteiger partial charge in [-0.25, -0.2) is 4.68 Å². The topological polar surface area (TPSA) is 85.6 Å². The normalized spacial score (nSPS) is 10.5. The van der Waals surface area contributed by atoms with Gasteiger partial charge in [0.1, 0.15) is 22.9 Å². The number of phenolic OH excluding ortho intramolecular Hbond substituents is 1. The zero-order chi connectivity index (χ0) is 21.8. The van der Waals surface area contributed by atoms with Crippen LogP contribution in [0.4, 0.5) is 5.69 Å². The second-order valence-electron chi connectivity index (χ2n) is 6.74. The Morgan fingerprint density at radius 2 is 1.71 bits per heavy atom. The first-order chi connectivity index (χ1) is 15.1. The smallest absolute Gasteiger partial charge is 0.259 e. The molecule has 1 aromatic heterocycles. The SMILES string of the molecule is COc1ccc(OC)c(-c2nn(-c3ccccc3)cc2C(=O)Nc2ccc(O)cc2)c1. The van der Waals surface area contributed by atoms with Crippen molar-refractivity contribution in [3.8, 4) is 34.2 Å². The monoisotopic (exact) mass is 415 g/mol. The van der Waals surface area contributed by atoms with Crippen LogP contribution in [0.3, 0.4) is 0 Å². The van der Waals surface area contributed by atoms with Gasteiger partial charge in [-0.2, -0.15) is 5.10 Å². The fourth-order valence-electron chi connectivity index (χ4n) is 3.19. The van der Waals surface area contributed by atoms with Gasteiger partial charge in [0.15, 0.2) is 0 Å². The number of aromatic hydroxyl groups is 1. The van der Waals surface area contributed by atoms with Crippen LogP contribution in [0, 0.1) is 0 Å². The standard InChI is InChI=1S/C24H21N3O4/c1-30-19-12-13-22(31-2)20(14-19)23-21(15-27(26-23)17-6-4-3-5-7-17)24(29)25-16-8-10-18(28)11-9-16/h3-15,28H,1-2H3,(H,25,29). The molecule has 0 bridgehead atoms. The van der Waals surface area contributed by atoms with Crippen LogP contribution in [0.25, 0.3) is 16.9 Å². The average Bonchev–Trinajstić information content (AvgIpc) is 3.26. The average molecular weight is 415 g/mol. The van der Waals surface area contributed by atoms with E-state index in [4.69, 9.17) is 14.6 Å². The fourth-order valence-corrected chi connectivity index (χ4v) is 3.19. The van der Waals surface area contributed by atoms with Crippen LogP contribution in [-0.2, 0) is 0 Å². The molecule has 0 fully saturated rings. The number of phenols is 1. The van der Waals surface area contributed by atoms with Crippen LogP contribution in [0.2, 0.25) is 0 Å². The van der Waals surface area contributed by atoms with Crippen molar-refractivity contribution in [3.63, 3.8) is 0 Å². The summed E-state index contributed by atoms with van der Waals surface area (Å²) in [5, 5.41) is 17.0. The molecule has 7 heteroatoms. The van der Waals surface area contributed by atoms with Gasteiger partial charge in [-0.1, -0.05) is 18.2 Å². The number of aromatic nitrogens is 2. The minimum Gasteiger partial charge on any atom is -0.508 e. The maximum atomic E-state index is 13.2. The Kier molecular flexibility index (Phi) is 5.57. The Hall–Kier alpha value is -4.26. The summed E-state index contributed by atoms with van der Waals surface area (Å²) in [6, 6.07) is 21.1. The van der Waals surface area contributed by atoms with Gasteiger partial charge in [-0.05, 0) is 54.6 Å². The van der Waals surface area contributed by atoms with Crippen molar-refractivity contribution in [2.75, 3.05) is 19.5 Å². The third-order valence-corrected chi connectivity index (χ3v) is 4.77.